The number of amides is 2. The molecule has 1 fully saturated rings. The maximum atomic E-state index is 13.2. The third-order valence-corrected chi connectivity index (χ3v) is 7.38. The van der Waals surface area contributed by atoms with E-state index in [2.05, 4.69) is 10.8 Å². The van der Waals surface area contributed by atoms with E-state index in [1.807, 2.05) is 24.3 Å². The number of methoxy groups -OCH3 is 1. The molecular formula is C29H26F3N3O4S. The molecule has 4 rings (SSSR count). The van der Waals surface area contributed by atoms with E-state index in [1.165, 1.54) is 12.0 Å². The van der Waals surface area contributed by atoms with Gasteiger partial charge in [0, 0.05) is 18.7 Å². The van der Waals surface area contributed by atoms with Crippen LogP contribution in [0.3, 0.4) is 0 Å². The molecule has 2 amide bonds. The Hall–Kier alpha value is -4.17. The molecule has 0 saturated carbocycles. The van der Waals surface area contributed by atoms with Crippen molar-refractivity contribution in [3.63, 3.8) is 0 Å². The summed E-state index contributed by atoms with van der Waals surface area (Å²) in [7, 11) is 1.52. The maximum Gasteiger partial charge on any atom is 0.399 e. The van der Waals surface area contributed by atoms with E-state index in [1.54, 1.807) is 48.5 Å². The molecule has 0 bridgehead atoms. The van der Waals surface area contributed by atoms with Crippen molar-refractivity contribution in [3.8, 4) is 28.7 Å². The molecule has 0 aromatic heterocycles. The van der Waals surface area contributed by atoms with Crippen molar-refractivity contribution in [2.24, 2.45) is 5.41 Å². The monoisotopic (exact) mass is 569 g/mol. The fourth-order valence-electron chi connectivity index (χ4n) is 4.32. The van der Waals surface area contributed by atoms with Crippen LogP contribution in [-0.4, -0.2) is 55.4 Å². The van der Waals surface area contributed by atoms with E-state index in [-0.39, 0.29) is 44.0 Å². The second-order valence-corrected chi connectivity index (χ2v) is 10.1. The molecule has 1 saturated heterocycles. The molecule has 1 atom stereocenters. The zero-order chi connectivity index (χ0) is 28.8. The van der Waals surface area contributed by atoms with E-state index in [0.717, 1.165) is 11.1 Å². The molecule has 208 valence electrons. The minimum absolute atomic E-state index is 0.0143. The fourth-order valence-corrected chi connectivity index (χ4v) is 4.91. The van der Waals surface area contributed by atoms with Gasteiger partial charge < -0.3 is 14.4 Å². The highest BCUT2D eigenvalue weighted by atomic mass is 32.2. The highest BCUT2D eigenvalue weighted by molar-refractivity contribution is 7.98. The number of nitrogens with one attached hydrogen (secondary N) is 1. The lowest BCUT2D eigenvalue weighted by Crippen LogP contribution is -2.46. The molecule has 40 heavy (non-hydrogen) atoms. The summed E-state index contributed by atoms with van der Waals surface area (Å²) in [5.74, 6) is -1.10. The topological polar surface area (TPSA) is 91.7 Å². The molecular weight excluding hydrogens is 543 g/mol. The molecule has 1 aliphatic rings. The predicted molar refractivity (Wildman–Crippen MR) is 145 cm³/mol. The van der Waals surface area contributed by atoms with Gasteiger partial charge in [-0.05, 0) is 78.0 Å². The zero-order valence-electron chi connectivity index (χ0n) is 21.5. The van der Waals surface area contributed by atoms with Gasteiger partial charge in [-0.3, -0.25) is 14.3 Å². The number of benzene rings is 3. The van der Waals surface area contributed by atoms with Crippen LogP contribution in [0.4, 0.5) is 13.2 Å². The van der Waals surface area contributed by atoms with Gasteiger partial charge in [0.1, 0.15) is 29.3 Å². The van der Waals surface area contributed by atoms with Gasteiger partial charge in [-0.15, -0.1) is 0 Å². The molecule has 3 aromatic carbocycles. The molecule has 3 aromatic rings. The summed E-state index contributed by atoms with van der Waals surface area (Å²) in [6.45, 7) is 0.0941. The number of nitrogens with zero attached hydrogens (tertiary/aromatic N) is 2. The van der Waals surface area contributed by atoms with Crippen LogP contribution >= 0.6 is 11.9 Å². The third kappa shape index (κ3) is 7.07. The quantitative estimate of drug-likeness (QED) is 0.344. The summed E-state index contributed by atoms with van der Waals surface area (Å²) in [5.41, 5.74) is 1.52. The van der Waals surface area contributed by atoms with E-state index < -0.39 is 23.3 Å². The van der Waals surface area contributed by atoms with Gasteiger partial charge in [0.25, 0.3) is 5.91 Å². The molecule has 7 nitrogen and oxygen atoms in total. The summed E-state index contributed by atoms with van der Waals surface area (Å²) >= 11 is 0.270. The number of hydrogen-bond acceptors (Lipinski definition) is 6. The van der Waals surface area contributed by atoms with Gasteiger partial charge in [-0.1, -0.05) is 24.3 Å². The number of carbonyl (C=O) groups is 2. The van der Waals surface area contributed by atoms with Crippen molar-refractivity contribution < 1.29 is 32.2 Å². The van der Waals surface area contributed by atoms with E-state index >= 15 is 0 Å². The highest BCUT2D eigenvalue weighted by Gasteiger charge is 2.47. The maximum absolute atomic E-state index is 13.2. The Morgan fingerprint density at radius 2 is 1.60 bits per heavy atom. The summed E-state index contributed by atoms with van der Waals surface area (Å²) in [6, 6.07) is 22.8. The summed E-state index contributed by atoms with van der Waals surface area (Å²) in [6.07, 6.45) is -4.22. The lowest BCUT2D eigenvalue weighted by molar-refractivity contribution is -0.130. The van der Waals surface area contributed by atoms with Crippen molar-refractivity contribution >= 4 is 23.8 Å². The Morgan fingerprint density at radius 3 is 2.17 bits per heavy atom. The average molecular weight is 570 g/mol. The number of alkyl halides is 3. The first-order valence-electron chi connectivity index (χ1n) is 12.3. The van der Waals surface area contributed by atoms with Gasteiger partial charge in [-0.25, -0.2) is 0 Å². The normalized spacial score (nSPS) is 16.7. The summed E-state index contributed by atoms with van der Waals surface area (Å²) in [4.78, 5) is 27.8. The SMILES string of the molecule is COc1ccc(C(=O)N2CCC(COc3ccc(-c4ccc(C#N)cc4)cc3)(C(=O)NSCC(F)(F)F)C2)cc1. The van der Waals surface area contributed by atoms with Crippen molar-refractivity contribution in [3.05, 3.63) is 83.9 Å². The minimum atomic E-state index is -4.44. The summed E-state index contributed by atoms with van der Waals surface area (Å²) in [5, 5.41) is 8.98. The Labute approximate surface area is 234 Å². The number of hydrogen-bond donors (Lipinski definition) is 1. The Morgan fingerprint density at radius 1 is 1.00 bits per heavy atom. The standard InChI is InChI=1S/C29H26F3N3O4S/c1-38-24-10-8-23(9-11-24)26(36)35-15-14-28(17-35,27(37)34-40-19-29(30,31)32)18-39-25-12-6-22(7-13-25)21-4-2-20(16-33)3-5-21/h2-13H,14-15,17-19H2,1H3,(H,34,37). The van der Waals surface area contributed by atoms with Crippen molar-refractivity contribution in [2.75, 3.05) is 32.6 Å². The van der Waals surface area contributed by atoms with Crippen LogP contribution in [-0.2, 0) is 4.79 Å². The van der Waals surface area contributed by atoms with Crippen LogP contribution in [0.1, 0.15) is 22.3 Å². The molecule has 1 aliphatic heterocycles. The molecule has 1 unspecified atom stereocenters. The number of likely N-dealkylation sites (tertiary alicyclic amines) is 1. The predicted octanol–water partition coefficient (Wildman–Crippen LogP) is 5.47. The molecule has 1 N–H and O–H groups in total. The first kappa shape index (κ1) is 28.8. The third-order valence-electron chi connectivity index (χ3n) is 6.58. The first-order valence-corrected chi connectivity index (χ1v) is 13.3. The van der Waals surface area contributed by atoms with E-state index in [9.17, 15) is 22.8 Å². The smallest absolute Gasteiger partial charge is 0.399 e. The van der Waals surface area contributed by atoms with Gasteiger partial charge >= 0.3 is 6.18 Å². The van der Waals surface area contributed by atoms with Crippen molar-refractivity contribution in [1.82, 2.24) is 9.62 Å². The molecule has 0 aliphatic carbocycles. The van der Waals surface area contributed by atoms with Gasteiger partial charge in [0.15, 0.2) is 0 Å². The number of carbonyl (C=O) groups excluding carboxylic acids is 2. The lowest BCUT2D eigenvalue weighted by atomic mass is 9.87. The number of ether oxygens (including phenoxy) is 2. The Balaban J connectivity index is 1.47. The highest BCUT2D eigenvalue weighted by Crippen LogP contribution is 2.34. The lowest BCUT2D eigenvalue weighted by Gasteiger charge is -2.28. The second-order valence-electron chi connectivity index (χ2n) is 9.32. The van der Waals surface area contributed by atoms with Crippen LogP contribution in [0.15, 0.2) is 72.8 Å². The molecule has 11 heteroatoms. The number of halogens is 3. The largest absolute Gasteiger partial charge is 0.497 e. The zero-order valence-corrected chi connectivity index (χ0v) is 22.3. The minimum Gasteiger partial charge on any atom is -0.497 e. The molecule has 0 radical (unpaired) electrons. The van der Waals surface area contributed by atoms with Gasteiger partial charge in [-0.2, -0.15) is 18.4 Å². The van der Waals surface area contributed by atoms with Crippen LogP contribution < -0.4 is 14.2 Å². The fraction of sp³-hybridized carbons (Fsp3) is 0.276. The van der Waals surface area contributed by atoms with Gasteiger partial charge in [0.05, 0.1) is 18.7 Å². The number of rotatable bonds is 9. The average Bonchev–Trinajstić information content (AvgIpc) is 3.41. The Bertz CT molecular complexity index is 1370. The second kappa shape index (κ2) is 12.3. The van der Waals surface area contributed by atoms with Crippen LogP contribution in [0, 0.1) is 16.7 Å². The first-order chi connectivity index (χ1) is 19.1. The van der Waals surface area contributed by atoms with Crippen LogP contribution in [0.2, 0.25) is 0 Å². The molecule has 0 spiro atoms. The Kier molecular flexibility index (Phi) is 8.90. The van der Waals surface area contributed by atoms with E-state index in [4.69, 9.17) is 14.7 Å². The molecule has 1 heterocycles. The van der Waals surface area contributed by atoms with Gasteiger partial charge in [0.2, 0.25) is 5.91 Å². The van der Waals surface area contributed by atoms with Crippen LogP contribution in [0.25, 0.3) is 11.1 Å². The van der Waals surface area contributed by atoms with Crippen molar-refractivity contribution in [1.29, 1.82) is 5.26 Å². The van der Waals surface area contributed by atoms with E-state index in [0.29, 0.717) is 22.6 Å². The number of nitriles is 1. The van der Waals surface area contributed by atoms with Crippen LogP contribution in [0.5, 0.6) is 11.5 Å². The van der Waals surface area contributed by atoms with Crippen molar-refractivity contribution in [2.45, 2.75) is 12.6 Å². The summed E-state index contributed by atoms with van der Waals surface area (Å²) < 4.78 is 51.4.